The topological polar surface area (TPSA) is 78.7 Å². The molecule has 0 heterocycles. The van der Waals surface area contributed by atoms with Crippen LogP contribution in [0, 0.1) is 10.1 Å². The number of hydrogen-bond acceptors (Lipinski definition) is 5. The minimum atomic E-state index is -0.572. The minimum absolute atomic E-state index is 0.0105. The molecule has 2 rings (SSSR count). The highest BCUT2D eigenvalue weighted by Crippen LogP contribution is 2.31. The van der Waals surface area contributed by atoms with E-state index in [-0.39, 0.29) is 10.7 Å². The van der Waals surface area contributed by atoms with Gasteiger partial charge in [-0.2, -0.15) is 0 Å². The number of nitro groups is 1. The average Bonchev–Trinajstić information content (AvgIpc) is 2.47. The Morgan fingerprint density at radius 1 is 1.14 bits per heavy atom. The van der Waals surface area contributed by atoms with Crippen molar-refractivity contribution in [2.24, 2.45) is 0 Å². The average molecular weight is 308 g/mol. The molecule has 0 fully saturated rings. The largest absolute Gasteiger partial charge is 0.465 e. The molecule has 7 heteroatoms. The second kappa shape index (κ2) is 6.23. The van der Waals surface area contributed by atoms with Gasteiger partial charge in [0.05, 0.1) is 17.6 Å². The van der Waals surface area contributed by atoms with Crippen molar-refractivity contribution in [3.63, 3.8) is 0 Å². The maximum Gasteiger partial charge on any atom is 0.337 e. The van der Waals surface area contributed by atoms with Crippen LogP contribution in [0.15, 0.2) is 42.5 Å². The van der Waals surface area contributed by atoms with Gasteiger partial charge in [-0.3, -0.25) is 10.1 Å². The lowest BCUT2D eigenvalue weighted by molar-refractivity contribution is -0.384. The highest BCUT2D eigenvalue weighted by molar-refractivity contribution is 6.32. The maximum atomic E-state index is 11.3. The van der Waals surface area contributed by atoms with Gasteiger partial charge in [0, 0.05) is 12.1 Å². The third-order valence-electron chi connectivity index (χ3n) is 2.63. The van der Waals surface area contributed by atoms with Crippen molar-refractivity contribution >= 4 is 23.3 Å². The van der Waals surface area contributed by atoms with E-state index in [9.17, 15) is 14.9 Å². The van der Waals surface area contributed by atoms with E-state index in [1.54, 1.807) is 24.3 Å². The number of hydrogen-bond donors (Lipinski definition) is 0. The van der Waals surface area contributed by atoms with Crippen LogP contribution >= 0.6 is 11.6 Å². The SMILES string of the molecule is COC(=O)c1ccc(Oc2ccc([N+](=O)[O-])c(Cl)c2)cc1. The van der Waals surface area contributed by atoms with Crippen LogP contribution in [0.4, 0.5) is 5.69 Å². The van der Waals surface area contributed by atoms with Crippen LogP contribution in [-0.2, 0) is 4.74 Å². The molecule has 0 unspecified atom stereocenters. The molecule has 0 amide bonds. The summed E-state index contributed by atoms with van der Waals surface area (Å²) in [6.07, 6.45) is 0. The molecule has 21 heavy (non-hydrogen) atoms. The second-order valence-corrected chi connectivity index (χ2v) is 4.40. The zero-order valence-electron chi connectivity index (χ0n) is 10.9. The number of benzene rings is 2. The van der Waals surface area contributed by atoms with Gasteiger partial charge in [-0.1, -0.05) is 11.6 Å². The first-order valence-corrected chi connectivity index (χ1v) is 6.19. The minimum Gasteiger partial charge on any atom is -0.465 e. The number of nitrogens with zero attached hydrogens (tertiary/aromatic N) is 1. The molecular formula is C14H10ClNO5. The molecular weight excluding hydrogens is 298 g/mol. The van der Waals surface area contributed by atoms with Gasteiger partial charge < -0.3 is 9.47 Å². The number of halogens is 1. The Morgan fingerprint density at radius 2 is 1.76 bits per heavy atom. The first kappa shape index (κ1) is 14.8. The standard InChI is InChI=1S/C14H10ClNO5/c1-20-14(17)9-2-4-10(5-3-9)21-11-6-7-13(16(18)19)12(15)8-11/h2-8H,1H3. The van der Waals surface area contributed by atoms with Gasteiger partial charge in [0.2, 0.25) is 0 Å². The van der Waals surface area contributed by atoms with E-state index >= 15 is 0 Å². The summed E-state index contributed by atoms with van der Waals surface area (Å²) < 4.78 is 10.1. The zero-order valence-corrected chi connectivity index (χ0v) is 11.7. The van der Waals surface area contributed by atoms with Crippen molar-refractivity contribution in [1.29, 1.82) is 0 Å². The number of ether oxygens (including phenoxy) is 2. The highest BCUT2D eigenvalue weighted by atomic mass is 35.5. The predicted molar refractivity (Wildman–Crippen MR) is 76.0 cm³/mol. The number of rotatable bonds is 4. The molecule has 0 atom stereocenters. The van der Waals surface area contributed by atoms with E-state index in [1.807, 2.05) is 0 Å². The van der Waals surface area contributed by atoms with Gasteiger partial charge in [0.15, 0.2) is 0 Å². The molecule has 0 radical (unpaired) electrons. The number of carbonyl (C=O) groups excluding carboxylic acids is 1. The van der Waals surface area contributed by atoms with Crippen LogP contribution in [0.3, 0.4) is 0 Å². The van der Waals surface area contributed by atoms with Crippen LogP contribution < -0.4 is 4.74 Å². The monoisotopic (exact) mass is 307 g/mol. The van der Waals surface area contributed by atoms with Crippen LogP contribution in [0.25, 0.3) is 0 Å². The summed E-state index contributed by atoms with van der Waals surface area (Å²) in [5.41, 5.74) is 0.205. The van der Waals surface area contributed by atoms with Crippen LogP contribution in [0.2, 0.25) is 5.02 Å². The van der Waals surface area contributed by atoms with E-state index in [2.05, 4.69) is 4.74 Å². The molecule has 0 spiro atoms. The fourth-order valence-corrected chi connectivity index (χ4v) is 1.85. The summed E-state index contributed by atoms with van der Waals surface area (Å²) in [5.74, 6) is 0.379. The molecule has 0 saturated heterocycles. The van der Waals surface area contributed by atoms with Gasteiger partial charge in [0.25, 0.3) is 5.69 Å². The summed E-state index contributed by atoms with van der Waals surface area (Å²) in [7, 11) is 1.30. The summed E-state index contributed by atoms with van der Waals surface area (Å²) >= 11 is 5.79. The number of methoxy groups -OCH3 is 1. The predicted octanol–water partition coefficient (Wildman–Crippen LogP) is 3.83. The van der Waals surface area contributed by atoms with E-state index in [1.165, 1.54) is 25.3 Å². The lowest BCUT2D eigenvalue weighted by Gasteiger charge is -2.07. The fraction of sp³-hybridized carbons (Fsp3) is 0.0714. The van der Waals surface area contributed by atoms with Gasteiger partial charge in [0.1, 0.15) is 16.5 Å². The number of nitro benzene ring substituents is 1. The molecule has 0 aliphatic rings. The molecule has 6 nitrogen and oxygen atoms in total. The lowest BCUT2D eigenvalue weighted by atomic mass is 10.2. The normalized spacial score (nSPS) is 10.0. The Kier molecular flexibility index (Phi) is 4.39. The maximum absolute atomic E-state index is 11.3. The van der Waals surface area contributed by atoms with E-state index in [0.717, 1.165) is 0 Å². The zero-order chi connectivity index (χ0) is 15.4. The van der Waals surface area contributed by atoms with Gasteiger partial charge >= 0.3 is 5.97 Å². The van der Waals surface area contributed by atoms with Crippen molar-refractivity contribution in [3.8, 4) is 11.5 Å². The first-order chi connectivity index (χ1) is 10.0. The van der Waals surface area contributed by atoms with E-state index < -0.39 is 10.9 Å². The van der Waals surface area contributed by atoms with Gasteiger partial charge in [-0.15, -0.1) is 0 Å². The quantitative estimate of drug-likeness (QED) is 0.487. The smallest absolute Gasteiger partial charge is 0.337 e. The lowest BCUT2D eigenvalue weighted by Crippen LogP contribution is -2.00. The first-order valence-electron chi connectivity index (χ1n) is 5.81. The Balaban J connectivity index is 2.17. The number of esters is 1. The van der Waals surface area contributed by atoms with Crippen molar-refractivity contribution in [2.45, 2.75) is 0 Å². The third kappa shape index (κ3) is 3.49. The molecule has 0 aromatic heterocycles. The van der Waals surface area contributed by atoms with Crippen LogP contribution in [-0.4, -0.2) is 18.0 Å². The molecule has 0 bridgehead atoms. The van der Waals surface area contributed by atoms with E-state index in [0.29, 0.717) is 17.1 Å². The third-order valence-corrected chi connectivity index (χ3v) is 2.93. The Bertz CT molecular complexity index is 684. The number of carbonyl (C=O) groups is 1. The van der Waals surface area contributed by atoms with Crippen LogP contribution in [0.5, 0.6) is 11.5 Å². The van der Waals surface area contributed by atoms with Gasteiger partial charge in [-0.05, 0) is 30.3 Å². The highest BCUT2D eigenvalue weighted by Gasteiger charge is 2.13. The molecule has 0 aliphatic heterocycles. The molecule has 2 aromatic rings. The molecule has 2 aromatic carbocycles. The Labute approximate surface area is 125 Å². The molecule has 0 N–H and O–H groups in total. The summed E-state index contributed by atoms with van der Waals surface area (Å²) in [6.45, 7) is 0. The van der Waals surface area contributed by atoms with Crippen LogP contribution in [0.1, 0.15) is 10.4 Å². The fourth-order valence-electron chi connectivity index (χ4n) is 1.61. The molecule has 0 aliphatic carbocycles. The summed E-state index contributed by atoms with van der Waals surface area (Å²) in [4.78, 5) is 21.4. The van der Waals surface area contributed by atoms with Gasteiger partial charge in [-0.25, -0.2) is 4.79 Å². The molecule has 0 saturated carbocycles. The van der Waals surface area contributed by atoms with Crippen molar-refractivity contribution < 1.29 is 19.2 Å². The Morgan fingerprint density at radius 3 is 2.29 bits per heavy atom. The molecule has 108 valence electrons. The Hall–Kier alpha value is -2.60. The summed E-state index contributed by atoms with van der Waals surface area (Å²) in [5, 5.41) is 10.6. The van der Waals surface area contributed by atoms with Crippen molar-refractivity contribution in [3.05, 3.63) is 63.2 Å². The second-order valence-electron chi connectivity index (χ2n) is 3.99. The summed E-state index contributed by atoms with van der Waals surface area (Å²) in [6, 6.07) is 10.3. The van der Waals surface area contributed by atoms with Crippen molar-refractivity contribution in [1.82, 2.24) is 0 Å². The van der Waals surface area contributed by atoms with Crippen molar-refractivity contribution in [2.75, 3.05) is 7.11 Å². The van der Waals surface area contributed by atoms with E-state index in [4.69, 9.17) is 16.3 Å².